The molecule has 64 heavy (non-hydrogen) atoms. The maximum atomic E-state index is 6.21. The van der Waals surface area contributed by atoms with E-state index in [0.29, 0.717) is 0 Å². The summed E-state index contributed by atoms with van der Waals surface area (Å²) in [6, 6.07) is 89.3. The van der Waals surface area contributed by atoms with Gasteiger partial charge in [-0.15, -0.1) is 0 Å². The zero-order valence-corrected chi connectivity index (χ0v) is 35.9. The largest absolute Gasteiger partial charge is 0.456 e. The van der Waals surface area contributed by atoms with Gasteiger partial charge in [0.2, 0.25) is 0 Å². The fraction of sp³-hybridized carbons (Fsp3) is 0. The summed E-state index contributed by atoms with van der Waals surface area (Å²) in [6.07, 6.45) is 0. The lowest BCUT2D eigenvalue weighted by Crippen LogP contribution is -2.74. The Morgan fingerprint density at radius 1 is 0.266 bits per heavy atom. The molecular formula is C60H40N2OSi. The van der Waals surface area contributed by atoms with Gasteiger partial charge < -0.3 is 13.6 Å². The van der Waals surface area contributed by atoms with E-state index in [-0.39, 0.29) is 0 Å². The average molecular weight is 833 g/mol. The summed E-state index contributed by atoms with van der Waals surface area (Å²) in [5.74, 6) is 0. The molecule has 0 radical (unpaired) electrons. The van der Waals surface area contributed by atoms with Gasteiger partial charge in [0, 0.05) is 43.7 Å². The molecule has 3 aromatic heterocycles. The molecule has 10 aromatic carbocycles. The van der Waals surface area contributed by atoms with Gasteiger partial charge in [-0.25, -0.2) is 0 Å². The minimum absolute atomic E-state index is 0.902. The van der Waals surface area contributed by atoms with E-state index in [0.717, 1.165) is 33.3 Å². The molecule has 0 spiro atoms. The smallest absolute Gasteiger partial charge is 0.179 e. The van der Waals surface area contributed by atoms with E-state index < -0.39 is 8.07 Å². The number of hydrogen-bond acceptors (Lipinski definition) is 1. The molecule has 3 nitrogen and oxygen atoms in total. The van der Waals surface area contributed by atoms with Crippen molar-refractivity contribution in [1.29, 1.82) is 0 Å². The number of nitrogens with zero attached hydrogens (tertiary/aromatic N) is 2. The van der Waals surface area contributed by atoms with Gasteiger partial charge in [0.1, 0.15) is 11.2 Å². The van der Waals surface area contributed by atoms with Crippen molar-refractivity contribution < 1.29 is 4.42 Å². The van der Waals surface area contributed by atoms with Gasteiger partial charge in [-0.05, 0) is 105 Å². The normalized spacial score (nSPS) is 12.1. The molecule has 4 heteroatoms. The predicted molar refractivity (Wildman–Crippen MR) is 271 cm³/mol. The summed E-state index contributed by atoms with van der Waals surface area (Å²) in [4.78, 5) is 0. The zero-order valence-electron chi connectivity index (χ0n) is 34.9. The number of rotatable bonds is 7. The van der Waals surface area contributed by atoms with Crippen LogP contribution in [0.5, 0.6) is 0 Å². The van der Waals surface area contributed by atoms with E-state index in [9.17, 15) is 0 Å². The maximum Gasteiger partial charge on any atom is 0.179 e. The minimum atomic E-state index is -2.73. The second kappa shape index (κ2) is 14.5. The lowest BCUT2D eigenvalue weighted by atomic mass is 10.0. The summed E-state index contributed by atoms with van der Waals surface area (Å²) >= 11 is 0. The molecule has 0 fully saturated rings. The Morgan fingerprint density at radius 3 is 1.27 bits per heavy atom. The molecule has 13 aromatic rings. The molecule has 0 saturated heterocycles. The third-order valence-corrected chi connectivity index (χ3v) is 18.2. The van der Waals surface area contributed by atoms with Crippen molar-refractivity contribution in [3.05, 3.63) is 243 Å². The van der Waals surface area contributed by atoms with Gasteiger partial charge in [-0.2, -0.15) is 0 Å². The van der Waals surface area contributed by atoms with Crippen LogP contribution < -0.4 is 20.7 Å². The first kappa shape index (κ1) is 36.5. The second-order valence-electron chi connectivity index (χ2n) is 16.8. The molecule has 13 rings (SSSR count). The summed E-state index contributed by atoms with van der Waals surface area (Å²) in [7, 11) is -2.73. The average Bonchev–Trinajstić information content (AvgIpc) is 4.02. The molecule has 0 atom stereocenters. The highest BCUT2D eigenvalue weighted by Crippen LogP contribution is 2.39. The van der Waals surface area contributed by atoms with Crippen LogP contribution in [0.25, 0.3) is 88.1 Å². The fourth-order valence-electron chi connectivity index (χ4n) is 10.7. The van der Waals surface area contributed by atoms with Crippen LogP contribution in [0.4, 0.5) is 0 Å². The number of hydrogen-bond donors (Lipinski definition) is 0. The lowest BCUT2D eigenvalue weighted by Gasteiger charge is -2.34. The Balaban J connectivity index is 0.972. The Labute approximate surface area is 371 Å². The molecule has 3 heterocycles. The summed E-state index contributed by atoms with van der Waals surface area (Å²) in [5, 5.41) is 12.6. The van der Waals surface area contributed by atoms with E-state index in [4.69, 9.17) is 4.42 Å². The standard InChI is InChI=1S/C60H40N2OSi/c1-4-18-45(19-5-1)64(46-20-6-2-7-21-46,47-22-8-3-9-23-47)48-24-16-17-43(39-48)61-55-28-13-10-25-49(55)52-37-41(31-34-57(52)61)42-32-35-58-53(38-42)50-26-11-14-29-56(50)62(58)44-33-36-60-54(40-44)51-27-12-15-30-59(51)63-60/h1-40H. The topological polar surface area (TPSA) is 23.0 Å². The number of aromatic nitrogens is 2. The van der Waals surface area contributed by atoms with E-state index in [1.54, 1.807) is 0 Å². The lowest BCUT2D eigenvalue weighted by molar-refractivity contribution is 0.669. The van der Waals surface area contributed by atoms with Crippen LogP contribution in [0.1, 0.15) is 0 Å². The van der Waals surface area contributed by atoms with Gasteiger partial charge in [0.15, 0.2) is 8.07 Å². The van der Waals surface area contributed by atoms with Crippen LogP contribution in [-0.2, 0) is 0 Å². The highest BCUT2D eigenvalue weighted by molar-refractivity contribution is 7.19. The summed E-state index contributed by atoms with van der Waals surface area (Å²) < 4.78 is 11.1. The zero-order chi connectivity index (χ0) is 42.2. The molecule has 0 N–H and O–H groups in total. The minimum Gasteiger partial charge on any atom is -0.456 e. The first-order valence-corrected chi connectivity index (χ1v) is 24.0. The highest BCUT2D eigenvalue weighted by Gasteiger charge is 2.41. The monoisotopic (exact) mass is 832 g/mol. The molecule has 300 valence electrons. The number of benzene rings is 10. The molecule has 0 aliphatic carbocycles. The van der Waals surface area contributed by atoms with Crippen molar-refractivity contribution in [1.82, 2.24) is 9.13 Å². The van der Waals surface area contributed by atoms with Crippen molar-refractivity contribution in [2.75, 3.05) is 0 Å². The van der Waals surface area contributed by atoms with Crippen LogP contribution in [0.15, 0.2) is 247 Å². The molecule has 0 amide bonds. The quantitative estimate of drug-likeness (QED) is 0.116. The summed E-state index contributed by atoms with van der Waals surface area (Å²) in [6.45, 7) is 0. The molecular weight excluding hydrogens is 793 g/mol. The molecule has 0 bridgehead atoms. The van der Waals surface area contributed by atoms with Crippen LogP contribution in [0, 0.1) is 0 Å². The van der Waals surface area contributed by atoms with E-state index in [1.807, 2.05) is 12.1 Å². The molecule has 0 aliphatic rings. The van der Waals surface area contributed by atoms with Crippen molar-refractivity contribution in [3.63, 3.8) is 0 Å². The van der Waals surface area contributed by atoms with E-state index in [1.165, 1.54) is 75.5 Å². The fourth-order valence-corrected chi connectivity index (χ4v) is 15.4. The van der Waals surface area contributed by atoms with Gasteiger partial charge in [-0.3, -0.25) is 0 Å². The Bertz CT molecular complexity index is 3800. The van der Waals surface area contributed by atoms with Gasteiger partial charge >= 0.3 is 0 Å². The van der Waals surface area contributed by atoms with Gasteiger partial charge in [-0.1, -0.05) is 170 Å². The van der Waals surface area contributed by atoms with Gasteiger partial charge in [0.25, 0.3) is 0 Å². The third-order valence-electron chi connectivity index (χ3n) is 13.5. The first-order valence-electron chi connectivity index (χ1n) is 22.0. The Kier molecular flexibility index (Phi) is 8.23. The molecule has 0 saturated carbocycles. The number of fused-ring (bicyclic) bond motifs is 9. The SMILES string of the molecule is c1ccc([Si](c2ccccc2)(c2ccccc2)c2cccc(-n3c4ccccc4c4cc(-c5ccc6c(c5)c5ccccc5n6-c5ccc6oc7ccccc7c6c5)ccc43)c2)cc1. The van der Waals surface area contributed by atoms with Crippen LogP contribution in [-0.4, -0.2) is 17.2 Å². The maximum absolute atomic E-state index is 6.21. The van der Waals surface area contributed by atoms with Crippen molar-refractivity contribution in [2.24, 2.45) is 0 Å². The van der Waals surface area contributed by atoms with E-state index in [2.05, 4.69) is 240 Å². The van der Waals surface area contributed by atoms with E-state index >= 15 is 0 Å². The second-order valence-corrected chi connectivity index (χ2v) is 20.7. The predicted octanol–water partition coefficient (Wildman–Crippen LogP) is 12.8. The van der Waals surface area contributed by atoms with Crippen molar-refractivity contribution >= 4 is 94.4 Å². The Hall–Kier alpha value is -8.18. The summed E-state index contributed by atoms with van der Waals surface area (Å²) in [5.41, 5.74) is 11.2. The highest BCUT2D eigenvalue weighted by atomic mass is 28.3. The molecule has 0 aliphatic heterocycles. The van der Waals surface area contributed by atoms with Crippen molar-refractivity contribution in [3.8, 4) is 22.5 Å². The first-order chi connectivity index (χ1) is 31.7. The third kappa shape index (κ3) is 5.46. The number of para-hydroxylation sites is 3. The van der Waals surface area contributed by atoms with Crippen LogP contribution in [0.2, 0.25) is 0 Å². The van der Waals surface area contributed by atoms with Gasteiger partial charge in [0.05, 0.1) is 22.1 Å². The molecule has 0 unspecified atom stereocenters. The Morgan fingerprint density at radius 2 is 0.703 bits per heavy atom. The van der Waals surface area contributed by atoms with Crippen molar-refractivity contribution in [2.45, 2.75) is 0 Å². The van der Waals surface area contributed by atoms with Crippen LogP contribution >= 0.6 is 0 Å². The van der Waals surface area contributed by atoms with Crippen LogP contribution in [0.3, 0.4) is 0 Å². The number of furan rings is 1.